The number of alkyl carbamates (subject to hydrolysis) is 1. The van der Waals surface area contributed by atoms with Crippen LogP contribution in [0.1, 0.15) is 28.6 Å². The molecule has 2 aromatic carbocycles. The van der Waals surface area contributed by atoms with Crippen molar-refractivity contribution in [2.45, 2.75) is 18.6 Å². The first-order chi connectivity index (χ1) is 15.4. The Morgan fingerprint density at radius 1 is 1.22 bits per heavy atom. The van der Waals surface area contributed by atoms with Crippen molar-refractivity contribution in [2.24, 2.45) is 7.05 Å². The van der Waals surface area contributed by atoms with Crippen LogP contribution in [-0.4, -0.2) is 41.0 Å². The van der Waals surface area contributed by atoms with E-state index in [1.807, 2.05) is 0 Å². The van der Waals surface area contributed by atoms with Gasteiger partial charge < -0.3 is 14.8 Å². The second kappa shape index (κ2) is 9.37. The Hall–Kier alpha value is -3.43. The Kier molecular flexibility index (Phi) is 6.38. The van der Waals surface area contributed by atoms with E-state index >= 15 is 0 Å². The van der Waals surface area contributed by atoms with Gasteiger partial charge in [0, 0.05) is 20.0 Å². The molecule has 0 radical (unpaired) electrons. The van der Waals surface area contributed by atoms with E-state index in [9.17, 15) is 14.4 Å². The molecule has 0 saturated carbocycles. The van der Waals surface area contributed by atoms with Crippen molar-refractivity contribution in [2.75, 3.05) is 13.3 Å². The molecule has 9 nitrogen and oxygen atoms in total. The highest BCUT2D eigenvalue weighted by atomic mass is 35.5. The van der Waals surface area contributed by atoms with Crippen LogP contribution in [0.3, 0.4) is 0 Å². The van der Waals surface area contributed by atoms with Gasteiger partial charge in [-0.2, -0.15) is 0 Å². The Balaban J connectivity index is 1.33. The molecule has 166 valence electrons. The molecular formula is C22H21ClN4O5. The van der Waals surface area contributed by atoms with Crippen LogP contribution < -0.4 is 16.2 Å². The monoisotopic (exact) mass is 456 g/mol. The van der Waals surface area contributed by atoms with E-state index < -0.39 is 18.2 Å². The number of ether oxygens (including phenoxy) is 2. The van der Waals surface area contributed by atoms with Gasteiger partial charge in [0.15, 0.2) is 6.73 Å². The number of fused-ring (bicyclic) bond motifs is 1. The number of nitrogens with zero attached hydrogens (tertiary/aromatic N) is 2. The average Bonchev–Trinajstić information content (AvgIpc) is 3.24. The third kappa shape index (κ3) is 4.58. The van der Waals surface area contributed by atoms with Gasteiger partial charge in [-0.15, -0.1) is 0 Å². The fraction of sp³-hybridized carbons (Fsp3) is 0.273. The van der Waals surface area contributed by atoms with Crippen LogP contribution in [0.2, 0.25) is 5.02 Å². The molecule has 1 saturated heterocycles. The number of rotatable bonds is 5. The minimum atomic E-state index is -0.703. The van der Waals surface area contributed by atoms with Crippen LogP contribution >= 0.6 is 11.6 Å². The van der Waals surface area contributed by atoms with Gasteiger partial charge in [-0.05, 0) is 24.3 Å². The van der Waals surface area contributed by atoms with Crippen LogP contribution in [0.5, 0.6) is 0 Å². The van der Waals surface area contributed by atoms with E-state index in [1.54, 1.807) is 55.6 Å². The number of benzene rings is 2. The first kappa shape index (κ1) is 21.8. The zero-order valence-electron chi connectivity index (χ0n) is 17.2. The topological polar surface area (TPSA) is 112 Å². The van der Waals surface area contributed by atoms with Gasteiger partial charge >= 0.3 is 12.1 Å². The maximum Gasteiger partial charge on any atom is 0.410 e. The summed E-state index contributed by atoms with van der Waals surface area (Å²) in [4.78, 5) is 41.3. The summed E-state index contributed by atoms with van der Waals surface area (Å²) in [5.74, 6) is -0.00929. The van der Waals surface area contributed by atoms with Gasteiger partial charge in [-0.3, -0.25) is 14.7 Å². The van der Waals surface area contributed by atoms with Gasteiger partial charge in [-0.1, -0.05) is 35.9 Å². The number of esters is 1. The first-order valence-corrected chi connectivity index (χ1v) is 10.4. The van der Waals surface area contributed by atoms with Crippen LogP contribution in [0, 0.1) is 0 Å². The first-order valence-electron chi connectivity index (χ1n) is 9.99. The van der Waals surface area contributed by atoms with E-state index in [0.29, 0.717) is 40.3 Å². The molecular weight excluding hydrogens is 436 g/mol. The molecule has 1 fully saturated rings. The summed E-state index contributed by atoms with van der Waals surface area (Å²) in [7, 11) is 1.64. The Bertz CT molecular complexity index is 1210. The number of nitrogens with one attached hydrogen (secondary N) is 2. The molecule has 0 bridgehead atoms. The number of amides is 1. The molecule has 2 N–H and O–H groups in total. The molecule has 2 atom stereocenters. The number of carbonyl (C=O) groups is 2. The summed E-state index contributed by atoms with van der Waals surface area (Å²) in [6, 6.07) is 13.3. The van der Waals surface area contributed by atoms with Gasteiger partial charge in [0.25, 0.3) is 5.56 Å². The van der Waals surface area contributed by atoms with Crippen LogP contribution in [0.15, 0.2) is 53.3 Å². The summed E-state index contributed by atoms with van der Waals surface area (Å²) in [5.41, 5.74) is 0.666. The van der Waals surface area contributed by atoms with Crippen LogP contribution in [0.4, 0.5) is 4.79 Å². The molecule has 0 unspecified atom stereocenters. The van der Waals surface area contributed by atoms with Crippen molar-refractivity contribution < 1.29 is 19.1 Å². The molecule has 2 heterocycles. The van der Waals surface area contributed by atoms with E-state index in [0.717, 1.165) is 0 Å². The number of aromatic nitrogens is 2. The van der Waals surface area contributed by atoms with Gasteiger partial charge in [-0.25, -0.2) is 14.6 Å². The molecule has 1 amide bonds. The molecule has 10 heteroatoms. The summed E-state index contributed by atoms with van der Waals surface area (Å²) >= 11 is 6.16. The van der Waals surface area contributed by atoms with Crippen molar-refractivity contribution in [1.29, 1.82) is 0 Å². The lowest BCUT2D eigenvalue weighted by Crippen LogP contribution is -2.32. The highest BCUT2D eigenvalue weighted by Crippen LogP contribution is 2.25. The largest absolute Gasteiger partial charge is 0.445 e. The van der Waals surface area contributed by atoms with Crippen molar-refractivity contribution in [3.05, 3.63) is 75.3 Å². The van der Waals surface area contributed by atoms with Crippen molar-refractivity contribution in [1.82, 2.24) is 20.2 Å². The third-order valence-corrected chi connectivity index (χ3v) is 5.51. The summed E-state index contributed by atoms with van der Waals surface area (Å²) in [6.45, 7) is 0.0863. The lowest BCUT2D eigenvalue weighted by molar-refractivity contribution is 0.0445. The molecule has 4 rings (SSSR count). The second-order valence-electron chi connectivity index (χ2n) is 7.31. The van der Waals surface area contributed by atoms with Gasteiger partial charge in [0.2, 0.25) is 0 Å². The zero-order chi connectivity index (χ0) is 22.7. The minimum Gasteiger partial charge on any atom is -0.445 e. The van der Waals surface area contributed by atoms with E-state index in [4.69, 9.17) is 21.1 Å². The SMILES string of the molecule is Cn1c([C@@H]2C[C@@H](OC(=O)NCOC(=O)c3ccccc3)CN2)nc2cccc(Cl)c2c1=O. The fourth-order valence-electron chi connectivity index (χ4n) is 3.60. The van der Waals surface area contributed by atoms with Gasteiger partial charge in [0.1, 0.15) is 11.9 Å². The highest BCUT2D eigenvalue weighted by Gasteiger charge is 2.31. The van der Waals surface area contributed by atoms with Crippen molar-refractivity contribution in [3.63, 3.8) is 0 Å². The highest BCUT2D eigenvalue weighted by molar-refractivity contribution is 6.35. The van der Waals surface area contributed by atoms with E-state index in [1.165, 1.54) is 4.57 Å². The van der Waals surface area contributed by atoms with E-state index in [-0.39, 0.29) is 18.3 Å². The fourth-order valence-corrected chi connectivity index (χ4v) is 3.85. The zero-order valence-corrected chi connectivity index (χ0v) is 18.0. The number of carbonyl (C=O) groups excluding carboxylic acids is 2. The Morgan fingerprint density at radius 2 is 2.00 bits per heavy atom. The average molecular weight is 457 g/mol. The smallest absolute Gasteiger partial charge is 0.410 e. The second-order valence-corrected chi connectivity index (χ2v) is 7.72. The summed E-state index contributed by atoms with van der Waals surface area (Å²) in [6.07, 6.45) is -0.703. The molecule has 1 aliphatic heterocycles. The number of halogens is 1. The quantitative estimate of drug-likeness (QED) is 0.448. The number of hydrogen-bond acceptors (Lipinski definition) is 7. The molecule has 3 aromatic rings. The van der Waals surface area contributed by atoms with Crippen molar-refractivity contribution in [3.8, 4) is 0 Å². The summed E-state index contributed by atoms with van der Waals surface area (Å²) < 4.78 is 11.9. The summed E-state index contributed by atoms with van der Waals surface area (Å²) in [5, 5.41) is 6.35. The lowest BCUT2D eigenvalue weighted by Gasteiger charge is -2.16. The van der Waals surface area contributed by atoms with E-state index in [2.05, 4.69) is 15.6 Å². The lowest BCUT2D eigenvalue weighted by atomic mass is 10.1. The third-order valence-electron chi connectivity index (χ3n) is 5.19. The normalized spacial score (nSPS) is 17.8. The molecule has 1 aromatic heterocycles. The van der Waals surface area contributed by atoms with Gasteiger partial charge in [0.05, 0.1) is 27.5 Å². The standard InChI is InChI=1S/C22H21ClN4O5/c1-27-19(26-16-9-5-8-15(23)18(16)20(27)28)17-10-14(11-24-17)32-22(30)25-12-31-21(29)13-6-3-2-4-7-13/h2-9,14,17,24H,10-12H2,1H3,(H,25,30)/t14-,17+/m1/s1. The molecule has 32 heavy (non-hydrogen) atoms. The molecule has 0 spiro atoms. The van der Waals surface area contributed by atoms with Crippen molar-refractivity contribution >= 4 is 34.6 Å². The number of hydrogen-bond donors (Lipinski definition) is 2. The molecule has 1 aliphatic rings. The maximum atomic E-state index is 12.7. The van der Waals surface area contributed by atoms with Crippen LogP contribution in [0.25, 0.3) is 10.9 Å². The Labute approximate surface area is 188 Å². The Morgan fingerprint density at radius 3 is 2.78 bits per heavy atom. The molecule has 0 aliphatic carbocycles. The predicted octanol–water partition coefficient (Wildman–Crippen LogP) is 2.53. The predicted molar refractivity (Wildman–Crippen MR) is 117 cm³/mol. The maximum absolute atomic E-state index is 12.7. The van der Waals surface area contributed by atoms with Crippen LogP contribution in [-0.2, 0) is 16.5 Å². The minimum absolute atomic E-state index is 0.236.